The first-order chi connectivity index (χ1) is 9.65. The fourth-order valence-electron chi connectivity index (χ4n) is 3.46. The number of carboxylic acids is 1. The highest BCUT2D eigenvalue weighted by Crippen LogP contribution is 2.35. The number of aliphatic carboxylic acids is 1. The number of H-pyrrole nitrogens is 1. The van der Waals surface area contributed by atoms with Gasteiger partial charge < -0.3 is 10.1 Å². The Morgan fingerprint density at radius 3 is 2.85 bits per heavy atom. The highest BCUT2D eigenvalue weighted by molar-refractivity contribution is 5.85. The summed E-state index contributed by atoms with van der Waals surface area (Å²) in [5.74, 6) is -0.484. The van der Waals surface area contributed by atoms with Crippen LogP contribution in [0.15, 0.2) is 24.4 Å². The molecule has 2 N–H and O–H groups in total. The molecule has 0 saturated heterocycles. The lowest BCUT2D eigenvalue weighted by atomic mass is 9.87. The van der Waals surface area contributed by atoms with Gasteiger partial charge in [0, 0.05) is 17.1 Å². The van der Waals surface area contributed by atoms with E-state index in [2.05, 4.69) is 11.9 Å². The molecule has 1 aromatic carbocycles. The van der Waals surface area contributed by atoms with E-state index in [-0.39, 0.29) is 5.92 Å². The Balaban J connectivity index is 1.89. The summed E-state index contributed by atoms with van der Waals surface area (Å²) in [4.78, 5) is 14.8. The summed E-state index contributed by atoms with van der Waals surface area (Å²) in [6, 6.07) is 6.04. The minimum Gasteiger partial charge on any atom is -0.481 e. The maximum Gasteiger partial charge on any atom is 0.310 e. The number of fused-ring (bicyclic) bond motifs is 1. The second-order valence-corrected chi connectivity index (χ2v) is 6.05. The summed E-state index contributed by atoms with van der Waals surface area (Å²) in [6.45, 7) is 2.06. The zero-order chi connectivity index (χ0) is 14.1. The Hall–Kier alpha value is -1.77. The van der Waals surface area contributed by atoms with E-state index in [4.69, 9.17) is 0 Å². The molecule has 3 nitrogen and oxygen atoms in total. The van der Waals surface area contributed by atoms with Gasteiger partial charge in [-0.15, -0.1) is 0 Å². The standard InChI is InChI=1S/C17H21NO2/c1-11-10-18-16-9-13(6-7-14(11)16)15(17(19)20)8-12-4-2-3-5-12/h6-7,9-10,12,15,18H,2-5,8H2,1H3,(H,19,20). The van der Waals surface area contributed by atoms with Crippen molar-refractivity contribution in [1.29, 1.82) is 0 Å². The number of hydrogen-bond acceptors (Lipinski definition) is 1. The van der Waals surface area contributed by atoms with Gasteiger partial charge in [-0.05, 0) is 36.5 Å². The number of benzene rings is 1. The van der Waals surface area contributed by atoms with Crippen molar-refractivity contribution in [3.63, 3.8) is 0 Å². The van der Waals surface area contributed by atoms with E-state index < -0.39 is 5.97 Å². The van der Waals surface area contributed by atoms with E-state index in [0.717, 1.165) is 17.5 Å². The second-order valence-electron chi connectivity index (χ2n) is 6.05. The molecule has 1 fully saturated rings. The third-order valence-electron chi connectivity index (χ3n) is 4.66. The number of rotatable bonds is 4. The second kappa shape index (κ2) is 5.31. The van der Waals surface area contributed by atoms with Crippen molar-refractivity contribution in [2.75, 3.05) is 0 Å². The molecule has 1 aliphatic rings. The van der Waals surface area contributed by atoms with Crippen LogP contribution in [0.25, 0.3) is 10.9 Å². The number of hydrogen-bond donors (Lipinski definition) is 2. The molecule has 2 aromatic rings. The van der Waals surface area contributed by atoms with Gasteiger partial charge in [0.05, 0.1) is 5.92 Å². The minimum absolute atomic E-state index is 0.369. The zero-order valence-electron chi connectivity index (χ0n) is 11.9. The first-order valence-corrected chi connectivity index (χ1v) is 7.45. The van der Waals surface area contributed by atoms with Crippen LogP contribution in [0.2, 0.25) is 0 Å². The molecule has 1 atom stereocenters. The summed E-state index contributed by atoms with van der Waals surface area (Å²) in [5.41, 5.74) is 3.17. The van der Waals surface area contributed by atoms with Crippen molar-refractivity contribution in [2.24, 2.45) is 5.92 Å². The van der Waals surface area contributed by atoms with Crippen LogP contribution in [-0.4, -0.2) is 16.1 Å². The third-order valence-corrected chi connectivity index (χ3v) is 4.66. The largest absolute Gasteiger partial charge is 0.481 e. The van der Waals surface area contributed by atoms with Crippen LogP contribution in [0.4, 0.5) is 0 Å². The Bertz CT molecular complexity index is 623. The Morgan fingerprint density at radius 2 is 2.15 bits per heavy atom. The maximum absolute atomic E-state index is 11.6. The normalized spacial score (nSPS) is 17.6. The lowest BCUT2D eigenvalue weighted by molar-refractivity contribution is -0.139. The molecule has 1 saturated carbocycles. The molecule has 0 radical (unpaired) electrons. The van der Waals surface area contributed by atoms with Crippen molar-refractivity contribution >= 4 is 16.9 Å². The molecule has 0 amide bonds. The molecular formula is C17H21NO2. The van der Waals surface area contributed by atoms with Gasteiger partial charge in [-0.1, -0.05) is 37.8 Å². The molecule has 0 spiro atoms. The highest BCUT2D eigenvalue weighted by Gasteiger charge is 2.26. The average molecular weight is 271 g/mol. The van der Waals surface area contributed by atoms with Crippen molar-refractivity contribution in [3.8, 4) is 0 Å². The summed E-state index contributed by atoms with van der Waals surface area (Å²) in [5, 5.41) is 10.7. The van der Waals surface area contributed by atoms with Gasteiger partial charge in [-0.3, -0.25) is 4.79 Å². The lowest BCUT2D eigenvalue weighted by Crippen LogP contribution is -2.15. The molecule has 0 aliphatic heterocycles. The molecule has 1 unspecified atom stereocenters. The van der Waals surface area contributed by atoms with Crippen molar-refractivity contribution in [1.82, 2.24) is 4.98 Å². The smallest absolute Gasteiger partial charge is 0.310 e. The molecule has 106 valence electrons. The van der Waals surface area contributed by atoms with Crippen LogP contribution in [0.3, 0.4) is 0 Å². The quantitative estimate of drug-likeness (QED) is 0.874. The molecule has 3 rings (SSSR count). The number of carbonyl (C=O) groups is 1. The molecule has 3 heteroatoms. The summed E-state index contributed by atoms with van der Waals surface area (Å²) >= 11 is 0. The van der Waals surface area contributed by atoms with Crippen molar-refractivity contribution < 1.29 is 9.90 Å². The van der Waals surface area contributed by atoms with Crippen LogP contribution in [0, 0.1) is 12.8 Å². The van der Waals surface area contributed by atoms with Crippen molar-refractivity contribution in [2.45, 2.75) is 44.9 Å². The predicted molar refractivity (Wildman–Crippen MR) is 80.0 cm³/mol. The first-order valence-electron chi connectivity index (χ1n) is 7.45. The van der Waals surface area contributed by atoms with Crippen LogP contribution in [-0.2, 0) is 4.79 Å². The van der Waals surface area contributed by atoms with Gasteiger partial charge in [0.1, 0.15) is 0 Å². The molecule has 1 heterocycles. The average Bonchev–Trinajstić information content (AvgIpc) is 3.06. The zero-order valence-corrected chi connectivity index (χ0v) is 11.9. The lowest BCUT2D eigenvalue weighted by Gasteiger charge is -2.17. The van der Waals surface area contributed by atoms with Gasteiger partial charge in [0.2, 0.25) is 0 Å². The fraction of sp³-hybridized carbons (Fsp3) is 0.471. The van der Waals surface area contributed by atoms with E-state index in [1.807, 2.05) is 24.4 Å². The molecule has 1 aliphatic carbocycles. The van der Waals surface area contributed by atoms with Crippen LogP contribution in [0.5, 0.6) is 0 Å². The highest BCUT2D eigenvalue weighted by atomic mass is 16.4. The van der Waals surface area contributed by atoms with E-state index >= 15 is 0 Å². The first kappa shape index (κ1) is 13.2. The Kier molecular flexibility index (Phi) is 3.51. The third kappa shape index (κ3) is 2.45. The van der Waals surface area contributed by atoms with E-state index in [0.29, 0.717) is 5.92 Å². The van der Waals surface area contributed by atoms with E-state index in [1.54, 1.807) is 0 Å². The number of aromatic amines is 1. The van der Waals surface area contributed by atoms with E-state index in [1.165, 1.54) is 36.6 Å². The number of aryl methyl sites for hydroxylation is 1. The molecule has 20 heavy (non-hydrogen) atoms. The summed E-state index contributed by atoms with van der Waals surface area (Å²) < 4.78 is 0. The SMILES string of the molecule is Cc1c[nH]c2cc(C(CC3CCCC3)C(=O)O)ccc12. The van der Waals surface area contributed by atoms with Crippen molar-refractivity contribution in [3.05, 3.63) is 35.5 Å². The summed E-state index contributed by atoms with van der Waals surface area (Å²) in [7, 11) is 0. The van der Waals surface area contributed by atoms with Gasteiger partial charge in [0.25, 0.3) is 0 Å². The number of carboxylic acid groups (broad SMARTS) is 1. The van der Waals surface area contributed by atoms with E-state index in [9.17, 15) is 9.90 Å². The Labute approximate surface area is 119 Å². The van der Waals surface area contributed by atoms with Gasteiger partial charge in [-0.25, -0.2) is 0 Å². The van der Waals surface area contributed by atoms with Gasteiger partial charge >= 0.3 is 5.97 Å². The minimum atomic E-state index is -0.695. The Morgan fingerprint density at radius 1 is 1.40 bits per heavy atom. The van der Waals surface area contributed by atoms with Gasteiger partial charge in [-0.2, -0.15) is 0 Å². The summed E-state index contributed by atoms with van der Waals surface area (Å²) in [6.07, 6.45) is 7.64. The van der Waals surface area contributed by atoms with Crippen LogP contribution in [0.1, 0.15) is 49.1 Å². The van der Waals surface area contributed by atoms with Crippen LogP contribution >= 0.6 is 0 Å². The predicted octanol–water partition coefficient (Wildman–Crippen LogP) is 4.22. The molecule has 1 aromatic heterocycles. The molecular weight excluding hydrogens is 250 g/mol. The van der Waals surface area contributed by atoms with Gasteiger partial charge in [0.15, 0.2) is 0 Å². The number of aromatic nitrogens is 1. The fourth-order valence-corrected chi connectivity index (χ4v) is 3.46. The monoisotopic (exact) mass is 271 g/mol. The molecule has 0 bridgehead atoms. The maximum atomic E-state index is 11.6. The topological polar surface area (TPSA) is 53.1 Å². The van der Waals surface area contributed by atoms with Crippen LogP contribution < -0.4 is 0 Å². The number of nitrogens with one attached hydrogen (secondary N) is 1.